The molecule has 0 spiro atoms. The monoisotopic (exact) mass is 1910 g/mol. The third-order valence-corrected chi connectivity index (χ3v) is 25.3. The van der Waals surface area contributed by atoms with Crippen molar-refractivity contribution in [3.05, 3.63) is 126 Å². The lowest BCUT2D eigenvalue weighted by Crippen LogP contribution is -2.62. The van der Waals surface area contributed by atoms with Crippen LogP contribution in [0.2, 0.25) is 0 Å². The van der Waals surface area contributed by atoms with E-state index in [1.807, 2.05) is 13.8 Å². The van der Waals surface area contributed by atoms with Crippen LogP contribution in [0.4, 0.5) is 4.39 Å². The zero-order valence-electron chi connectivity index (χ0n) is 77.5. The number of thioether (sulfide) groups is 1. The van der Waals surface area contributed by atoms with Gasteiger partial charge in [0.25, 0.3) is 0 Å². The third kappa shape index (κ3) is 29.5. The number of aliphatic hydroxyl groups excluding tert-OH is 2. The molecule has 45 heteroatoms. The second-order valence-corrected chi connectivity index (χ2v) is 36.0. The van der Waals surface area contributed by atoms with Gasteiger partial charge in [-0.25, -0.2) is 9.37 Å². The third-order valence-electron chi connectivity index (χ3n) is 24.3. The minimum absolute atomic E-state index is 0.0169. The molecule has 136 heavy (non-hydrogen) atoms. The highest BCUT2D eigenvalue weighted by Crippen LogP contribution is 2.28. The fourth-order valence-corrected chi connectivity index (χ4v) is 17.6. The van der Waals surface area contributed by atoms with Gasteiger partial charge in [-0.05, 0) is 98.7 Å². The largest absolute Gasteiger partial charge is 0.394 e. The average molecular weight is 1910 g/mol. The van der Waals surface area contributed by atoms with Gasteiger partial charge in [0, 0.05) is 125 Å². The van der Waals surface area contributed by atoms with E-state index in [-0.39, 0.29) is 89.6 Å². The normalized spacial score (nSPS) is 24.7. The van der Waals surface area contributed by atoms with E-state index in [0.29, 0.717) is 69.9 Å². The van der Waals surface area contributed by atoms with Gasteiger partial charge in [-0.15, -0.1) is 11.8 Å². The number of fused-ring (bicyclic) bond motifs is 4. The number of imidazole rings is 1. The molecule has 23 N–H and O–H groups in total. The summed E-state index contributed by atoms with van der Waals surface area (Å²) in [6, 6.07) is -3.13. The topological polar surface area (TPSA) is 641 Å². The smallest absolute Gasteiger partial charge is 0.246 e. The number of carbonyl (C=O) groups excluding carboxylic acids is 17. The minimum Gasteiger partial charge on any atom is -0.394 e. The van der Waals surface area contributed by atoms with E-state index in [0.717, 1.165) is 48.4 Å². The minimum atomic E-state index is -1.90. The highest BCUT2D eigenvalue weighted by molar-refractivity contribution is 8.00. The molecule has 0 radical (unpaired) electrons. The first-order valence-electron chi connectivity index (χ1n) is 45.5. The number of hydrogen-bond donors (Lipinski definition) is 20. The van der Waals surface area contributed by atoms with Crippen molar-refractivity contribution in [3.63, 3.8) is 0 Å². The Bertz CT molecular complexity index is 5250. The molecule has 3 fully saturated rings. The number of halogens is 1. The molecular formula is C91H127FN24O19S. The van der Waals surface area contributed by atoms with Crippen LogP contribution in [-0.4, -0.2) is 317 Å². The number of nitrogens with one attached hydrogen (secondary N) is 15. The number of hydrogen-bond acceptors (Lipinski definition) is 22. The molecule has 3 aliphatic heterocycles. The van der Waals surface area contributed by atoms with Crippen molar-refractivity contribution in [1.82, 2.24) is 103 Å². The molecule has 0 unspecified atom stereocenters. The van der Waals surface area contributed by atoms with Gasteiger partial charge in [-0.2, -0.15) is 0 Å². The van der Waals surface area contributed by atoms with Gasteiger partial charge in [0.05, 0.1) is 37.8 Å². The van der Waals surface area contributed by atoms with Gasteiger partial charge < -0.3 is 125 Å². The molecule has 6 aromatic rings. The van der Waals surface area contributed by atoms with Crippen molar-refractivity contribution in [2.75, 3.05) is 65.4 Å². The maximum absolute atomic E-state index is 15.8. The van der Waals surface area contributed by atoms with Crippen molar-refractivity contribution in [2.24, 2.45) is 23.1 Å². The summed E-state index contributed by atoms with van der Waals surface area (Å²) in [5.41, 5.74) is 19.6. The molecule has 0 saturated carbocycles. The first-order chi connectivity index (χ1) is 64.8. The lowest BCUT2D eigenvalue weighted by atomic mass is 10.00. The second-order valence-electron chi connectivity index (χ2n) is 34.9. The van der Waals surface area contributed by atoms with Crippen LogP contribution >= 0.6 is 11.8 Å². The zero-order valence-corrected chi connectivity index (χ0v) is 78.3. The number of rotatable bonds is 26. The molecule has 9 rings (SSSR count). The summed E-state index contributed by atoms with van der Waals surface area (Å²) in [7, 11) is 3.87. The number of benzene rings is 3. The van der Waals surface area contributed by atoms with E-state index in [9.17, 15) is 57.8 Å². The molecule has 17 amide bonds. The molecule has 43 nitrogen and oxygen atoms in total. The second kappa shape index (κ2) is 50.7. The molecule has 3 aliphatic rings. The Labute approximate surface area is 789 Å². The number of carbonyl (C=O) groups is 17. The van der Waals surface area contributed by atoms with E-state index in [4.69, 9.17) is 22.6 Å². The lowest BCUT2D eigenvalue weighted by molar-refractivity contribution is -0.149. The Morgan fingerprint density at radius 3 is 1.69 bits per heavy atom. The number of unbranched alkanes of at least 4 members (excludes halogenated alkanes) is 2. The van der Waals surface area contributed by atoms with E-state index in [1.54, 1.807) is 74.8 Å². The van der Waals surface area contributed by atoms with Crippen LogP contribution in [0.15, 0.2) is 97.7 Å². The number of H-pyrrole nitrogens is 3. The van der Waals surface area contributed by atoms with E-state index in [1.165, 1.54) is 52.7 Å². The van der Waals surface area contributed by atoms with Gasteiger partial charge in [-0.3, -0.25) is 86.9 Å². The van der Waals surface area contributed by atoms with Crippen LogP contribution in [0.3, 0.4) is 0 Å². The van der Waals surface area contributed by atoms with Gasteiger partial charge in [0.15, 0.2) is 5.96 Å². The number of aliphatic hydroxyl groups is 2. The zero-order chi connectivity index (χ0) is 99.3. The first kappa shape index (κ1) is 106. The van der Waals surface area contributed by atoms with Crippen LogP contribution < -0.4 is 75.7 Å². The Kier molecular flexibility index (Phi) is 39.5. The summed E-state index contributed by atoms with van der Waals surface area (Å²) < 4.78 is 14.4. The van der Waals surface area contributed by atoms with Crippen molar-refractivity contribution < 1.29 is 96.1 Å². The molecule has 15 atom stereocenters. The Morgan fingerprint density at radius 2 is 1.10 bits per heavy atom. The maximum Gasteiger partial charge on any atom is 0.246 e. The van der Waals surface area contributed by atoms with Crippen LogP contribution in [0.1, 0.15) is 140 Å². The van der Waals surface area contributed by atoms with E-state index >= 15 is 38.4 Å². The van der Waals surface area contributed by atoms with Crippen LogP contribution in [0.5, 0.6) is 0 Å². The molecule has 3 aromatic heterocycles. The molecule has 0 bridgehead atoms. The van der Waals surface area contributed by atoms with E-state index < -0.39 is 247 Å². The van der Waals surface area contributed by atoms with Gasteiger partial charge in [0.1, 0.15) is 90.4 Å². The van der Waals surface area contributed by atoms with Crippen LogP contribution in [-0.2, 0) is 107 Å². The quantitative estimate of drug-likeness (QED) is 0.0152. The highest BCUT2D eigenvalue weighted by Gasteiger charge is 2.47. The Balaban J connectivity index is 1.10. The van der Waals surface area contributed by atoms with Crippen LogP contribution in [0.25, 0.3) is 21.8 Å². The van der Waals surface area contributed by atoms with Gasteiger partial charge >= 0.3 is 0 Å². The first-order valence-corrected chi connectivity index (χ1v) is 46.7. The van der Waals surface area contributed by atoms with Crippen molar-refractivity contribution in [2.45, 2.75) is 234 Å². The summed E-state index contributed by atoms with van der Waals surface area (Å²) >= 11 is 0.743. The number of guanidine groups is 1. The number of nitrogens with two attached hydrogens (primary N) is 3. The highest BCUT2D eigenvalue weighted by atomic mass is 32.2. The Hall–Kier alpha value is -13.6. The Morgan fingerprint density at radius 1 is 0.559 bits per heavy atom. The number of para-hydroxylation sites is 2. The lowest BCUT2D eigenvalue weighted by Gasteiger charge is -2.36. The number of aromatic nitrogens is 4. The number of primary amides is 2. The molecule has 3 aromatic carbocycles. The summed E-state index contributed by atoms with van der Waals surface area (Å²) in [6.45, 7) is 5.94. The number of nitrogens with zero attached hydrogens (tertiary/aromatic N) is 6. The molecule has 738 valence electrons. The van der Waals surface area contributed by atoms with Crippen molar-refractivity contribution >= 4 is 140 Å². The van der Waals surface area contributed by atoms with Gasteiger partial charge in [-0.1, -0.05) is 102 Å². The molecule has 6 heterocycles. The number of aromatic amines is 3. The van der Waals surface area contributed by atoms with Crippen molar-refractivity contribution in [3.8, 4) is 0 Å². The van der Waals surface area contributed by atoms with Crippen LogP contribution in [0, 0.1) is 17.1 Å². The summed E-state index contributed by atoms with van der Waals surface area (Å²) in [5.74, 6) is -18.8. The summed E-state index contributed by atoms with van der Waals surface area (Å²) in [4.78, 5) is 269. The average Bonchev–Trinajstić information content (AvgIpc) is 1.53. The fourth-order valence-electron chi connectivity index (χ4n) is 16.8. The maximum atomic E-state index is 15.8. The standard InChI is InChI=1S/C91H127FN24O19S/c1-9-11-24-70-83(128)104-61(23-17-31-98-91(95)96)79(124)111-69(78(123)101-43-75(94)120)46-136-47-76(121)103-65(34-51-27-29-54(92)30-28-51)86(131)112(6)50(5)77(122)107-67(39-74(93)119)88(133)115-32-18-26-71(115)84(129)106-63(37-55-42-97-48-102-55)81(126)108-64(33-49(3)4)89(134)116-44-56(118)38-73(116)85(130)105-62(35-52-40-99-59-21-15-13-19-57(52)59)80(125)110-68(45-117)82(127)109-66(36-53-41-100-60-22-16-14-20-58(53)60)87(132)114(8)72(25-12-10-2)90(135)113(70)7/h13-16,19-22,27-30,40-42,48-50,56,61-73,99-100,117-118H,9-12,17-18,23-26,31-39,43-47H2,1-8H3,(H2,93,119)(H2,94,120)(H,97,102)(H,101,123)(H,103,121)(H,104,128)(H,105,130)(H,106,129)(H,107,122)(H,108,126)(H,109,127)(H,110,125)(H,111,124)(H4,95,96,98)/t50-,56+,61-,62-,63-,64-,65-,66-,67-,68-,69-,70-,71-,72-,73-/m0/s1. The number of amides is 17. The summed E-state index contributed by atoms with van der Waals surface area (Å²) in [6.07, 6.45) is 3.48. The SMILES string of the molecule is CCCC[C@H]1C(=O)N(C)[C@@H](CCCC)C(=O)N[C@@H](CCCNC(=N)N)C(=O)N[C@H](C(=O)NCC(N)=O)CSCC(=O)N[C@@H](Cc2ccc(F)cc2)C(=O)N(C)[C@@H](C)C(=O)N[C@@H](CC(N)=O)C(=O)N2CCC[C@H]2C(=O)N[C@@H](Cc2cnc[nH]2)C(=O)N[C@@H](CC(C)C)C(=O)N2C[C@H](O)C[C@H]2C(=O)N[C@@H](Cc2c[nH]c3ccccc23)C(=O)N[C@@H](CO)C(=O)N[C@@H](Cc2c[nH]c3ccccc23)C(=O)N1C. The van der Waals surface area contributed by atoms with E-state index in [2.05, 4.69) is 78.4 Å². The number of likely N-dealkylation sites (N-methyl/N-ethyl adjacent to an activating group) is 3. The van der Waals surface area contributed by atoms with Gasteiger partial charge in [0.2, 0.25) is 100 Å². The fraction of sp³-hybridized carbons (Fsp3) is 0.527. The molecule has 3 saturated heterocycles. The molecule has 0 aliphatic carbocycles. The van der Waals surface area contributed by atoms with Crippen molar-refractivity contribution in [1.29, 1.82) is 5.41 Å². The predicted octanol–water partition coefficient (Wildman–Crippen LogP) is -2.50. The molecular weight excluding hydrogens is 1780 g/mol. The summed E-state index contributed by atoms with van der Waals surface area (Å²) in [5, 5.41) is 60.8. The predicted molar refractivity (Wildman–Crippen MR) is 498 cm³/mol.